The Morgan fingerprint density at radius 1 is 0.900 bits per heavy atom. The van der Waals surface area contributed by atoms with Crippen LogP contribution >= 0.6 is 0 Å². The van der Waals surface area contributed by atoms with Crippen LogP contribution in [0, 0.1) is 0 Å². The van der Waals surface area contributed by atoms with Gasteiger partial charge >= 0.3 is 0 Å². The largest absolute Gasteiger partial charge is 0.395 e. The van der Waals surface area contributed by atoms with E-state index in [0.29, 0.717) is 36.6 Å². The Hall–Kier alpha value is -2.52. The van der Waals surface area contributed by atoms with Crippen LogP contribution in [0.3, 0.4) is 0 Å². The van der Waals surface area contributed by atoms with E-state index in [1.54, 1.807) is 13.0 Å². The van der Waals surface area contributed by atoms with E-state index in [9.17, 15) is 4.79 Å². The monoisotopic (exact) mass is 416 g/mol. The summed E-state index contributed by atoms with van der Waals surface area (Å²) in [7, 11) is 0. The fraction of sp³-hybridized carbons (Fsp3) is 0.455. The summed E-state index contributed by atoms with van der Waals surface area (Å²) in [5, 5.41) is 33.5. The fourth-order valence-corrected chi connectivity index (χ4v) is 3.04. The molecule has 0 unspecified atom stereocenters. The minimum atomic E-state index is -0.0644. The summed E-state index contributed by atoms with van der Waals surface area (Å²) in [6.45, 7) is 4.98. The number of aliphatic hydroxyl groups excluding tert-OH is 3. The van der Waals surface area contributed by atoms with Gasteiger partial charge in [-0.15, -0.1) is 0 Å². The lowest BCUT2D eigenvalue weighted by atomic mass is 10.0. The second-order valence-electron chi connectivity index (χ2n) is 7.01. The zero-order chi connectivity index (χ0) is 21.8. The molecule has 8 heteroatoms. The summed E-state index contributed by atoms with van der Waals surface area (Å²) >= 11 is 0. The first-order chi connectivity index (χ1) is 14.6. The van der Waals surface area contributed by atoms with Crippen LogP contribution in [0.2, 0.25) is 0 Å². The molecule has 0 fully saturated rings. The molecule has 30 heavy (non-hydrogen) atoms. The topological polar surface area (TPSA) is 117 Å². The summed E-state index contributed by atoms with van der Waals surface area (Å²) in [5.74, 6) is -0.0644. The zero-order valence-corrected chi connectivity index (χ0v) is 17.5. The number of anilines is 1. The highest BCUT2D eigenvalue weighted by Gasteiger charge is 2.15. The van der Waals surface area contributed by atoms with Gasteiger partial charge in [-0.25, -0.2) is 4.99 Å². The second-order valence-corrected chi connectivity index (χ2v) is 7.01. The van der Waals surface area contributed by atoms with Gasteiger partial charge in [0.15, 0.2) is 5.78 Å². The highest BCUT2D eigenvalue weighted by atomic mass is 16.3. The van der Waals surface area contributed by atoms with E-state index in [4.69, 9.17) is 15.3 Å². The Morgan fingerprint density at radius 2 is 1.60 bits per heavy atom. The van der Waals surface area contributed by atoms with Gasteiger partial charge in [-0.3, -0.25) is 9.69 Å². The van der Waals surface area contributed by atoms with Gasteiger partial charge in [0.05, 0.1) is 36.9 Å². The number of rotatable bonds is 13. The molecule has 164 valence electrons. The number of carbonyl (C=O) groups excluding carboxylic acids is 1. The molecule has 2 rings (SSSR count). The highest BCUT2D eigenvalue weighted by Crippen LogP contribution is 2.20. The highest BCUT2D eigenvalue weighted by molar-refractivity contribution is 6.22. The van der Waals surface area contributed by atoms with Crippen LogP contribution in [0.5, 0.6) is 0 Å². The van der Waals surface area contributed by atoms with Crippen molar-refractivity contribution in [1.29, 1.82) is 0 Å². The summed E-state index contributed by atoms with van der Waals surface area (Å²) in [6, 6.07) is 7.71. The van der Waals surface area contributed by atoms with Crippen LogP contribution in [0.15, 0.2) is 52.7 Å². The molecule has 5 N–H and O–H groups in total. The lowest BCUT2D eigenvalue weighted by molar-refractivity contribution is -0.111. The molecule has 0 saturated carbocycles. The maximum atomic E-state index is 11.9. The maximum absolute atomic E-state index is 11.9. The molecule has 1 aromatic rings. The first kappa shape index (κ1) is 23.8. The number of hydrogen-bond donors (Lipinski definition) is 5. The van der Waals surface area contributed by atoms with Gasteiger partial charge in [-0.05, 0) is 55.8 Å². The molecular weight excluding hydrogens is 384 g/mol. The van der Waals surface area contributed by atoms with Crippen molar-refractivity contribution >= 4 is 22.9 Å². The van der Waals surface area contributed by atoms with Crippen molar-refractivity contribution in [3.63, 3.8) is 0 Å². The lowest BCUT2D eigenvalue weighted by Gasteiger charge is -2.20. The average Bonchev–Trinajstić information content (AvgIpc) is 2.74. The van der Waals surface area contributed by atoms with E-state index in [1.807, 2.05) is 29.2 Å². The Balaban J connectivity index is 1.93. The lowest BCUT2D eigenvalue weighted by Crippen LogP contribution is -2.31. The average molecular weight is 417 g/mol. The van der Waals surface area contributed by atoms with Crippen molar-refractivity contribution in [3.8, 4) is 0 Å². The van der Waals surface area contributed by atoms with Gasteiger partial charge in [-0.1, -0.05) is 0 Å². The van der Waals surface area contributed by atoms with E-state index >= 15 is 0 Å². The van der Waals surface area contributed by atoms with E-state index in [1.165, 1.54) is 6.08 Å². The fourth-order valence-electron chi connectivity index (χ4n) is 3.04. The predicted molar refractivity (Wildman–Crippen MR) is 119 cm³/mol. The first-order valence-electron chi connectivity index (χ1n) is 10.2. The molecule has 0 aliphatic heterocycles. The number of benzene rings is 1. The van der Waals surface area contributed by atoms with Crippen molar-refractivity contribution in [2.75, 3.05) is 57.9 Å². The predicted octanol–water partition coefficient (Wildman–Crippen LogP) is 0.843. The summed E-state index contributed by atoms with van der Waals surface area (Å²) < 4.78 is 0. The van der Waals surface area contributed by atoms with Gasteiger partial charge in [0, 0.05) is 37.9 Å². The number of aliphatic imine (C=N–C) groups is 1. The minimum absolute atomic E-state index is 0.0281. The van der Waals surface area contributed by atoms with E-state index in [0.717, 1.165) is 30.9 Å². The smallest absolute Gasteiger partial charge is 0.183 e. The molecule has 8 nitrogen and oxygen atoms in total. The van der Waals surface area contributed by atoms with Crippen molar-refractivity contribution in [3.05, 3.63) is 47.7 Å². The number of carbonyl (C=O) groups is 1. The number of nitrogens with zero attached hydrogens (tertiary/aromatic N) is 2. The summed E-state index contributed by atoms with van der Waals surface area (Å²) in [4.78, 5) is 18.6. The van der Waals surface area contributed by atoms with Crippen molar-refractivity contribution in [2.24, 2.45) is 4.99 Å². The molecule has 0 radical (unpaired) electrons. The Kier molecular flexibility index (Phi) is 10.2. The number of ketones is 1. The summed E-state index contributed by atoms with van der Waals surface area (Å²) in [6.07, 6.45) is 4.15. The third kappa shape index (κ3) is 7.72. The van der Waals surface area contributed by atoms with Crippen molar-refractivity contribution < 1.29 is 20.1 Å². The van der Waals surface area contributed by atoms with Crippen molar-refractivity contribution in [1.82, 2.24) is 10.2 Å². The molecule has 0 saturated heterocycles. The second kappa shape index (κ2) is 12.9. The van der Waals surface area contributed by atoms with Gasteiger partial charge in [0.2, 0.25) is 0 Å². The molecule has 1 aliphatic carbocycles. The molecule has 1 aliphatic rings. The molecule has 0 aromatic heterocycles. The maximum Gasteiger partial charge on any atom is 0.183 e. The standard InChI is InChI=1S/C22H32N4O4/c1-17-15-21(20(16-22(17)30)24-8-12-27)25-19-5-3-18(4-6-19)23-7-2-9-26(10-13-28)11-14-29/h3-6,15-16,23-24,27-29H,2,7-14H2,1H3. The van der Waals surface area contributed by atoms with E-state index in [2.05, 4.69) is 15.6 Å². The number of allylic oxidation sites excluding steroid dienone is 3. The molecule has 1 aromatic carbocycles. The zero-order valence-electron chi connectivity index (χ0n) is 17.5. The van der Waals surface area contributed by atoms with E-state index in [-0.39, 0.29) is 25.6 Å². The normalized spacial score (nSPS) is 15.4. The van der Waals surface area contributed by atoms with Crippen LogP contribution in [0.1, 0.15) is 13.3 Å². The van der Waals surface area contributed by atoms with Crippen LogP contribution in [0.4, 0.5) is 11.4 Å². The number of aliphatic hydroxyl groups is 3. The van der Waals surface area contributed by atoms with Crippen LogP contribution in [0.25, 0.3) is 0 Å². The van der Waals surface area contributed by atoms with Crippen LogP contribution < -0.4 is 10.6 Å². The van der Waals surface area contributed by atoms with E-state index < -0.39 is 0 Å². The van der Waals surface area contributed by atoms with Gasteiger partial charge in [0.25, 0.3) is 0 Å². The minimum Gasteiger partial charge on any atom is -0.395 e. The Labute approximate surface area is 177 Å². The number of hydrogen-bond acceptors (Lipinski definition) is 8. The van der Waals surface area contributed by atoms with Gasteiger partial charge < -0.3 is 26.0 Å². The number of nitrogens with one attached hydrogen (secondary N) is 2. The third-order valence-electron chi connectivity index (χ3n) is 4.65. The molecule has 0 heterocycles. The molecule has 0 bridgehead atoms. The third-order valence-corrected chi connectivity index (χ3v) is 4.65. The van der Waals surface area contributed by atoms with Gasteiger partial charge in [0.1, 0.15) is 0 Å². The Morgan fingerprint density at radius 3 is 2.23 bits per heavy atom. The SMILES string of the molecule is CC1=CC(=Nc2ccc(NCCCN(CCO)CCO)cc2)C(NCCO)=CC1=O. The molecular formula is C22H32N4O4. The van der Waals surface area contributed by atoms with Crippen LogP contribution in [-0.2, 0) is 4.79 Å². The van der Waals surface area contributed by atoms with Crippen molar-refractivity contribution in [2.45, 2.75) is 13.3 Å². The summed E-state index contributed by atoms with van der Waals surface area (Å²) in [5.41, 5.74) is 3.64. The molecule has 0 spiro atoms. The molecule has 0 amide bonds. The molecule has 0 atom stereocenters. The van der Waals surface area contributed by atoms with Crippen LogP contribution in [-0.4, -0.2) is 84.3 Å². The first-order valence-corrected chi connectivity index (χ1v) is 10.2. The van der Waals surface area contributed by atoms with Gasteiger partial charge in [-0.2, -0.15) is 0 Å². The Bertz CT molecular complexity index is 766. The quantitative estimate of drug-likeness (QED) is 0.239.